The van der Waals surface area contributed by atoms with Crippen molar-refractivity contribution in [1.29, 1.82) is 0 Å². The van der Waals surface area contributed by atoms with Gasteiger partial charge in [-0.05, 0) is 48.7 Å². The second kappa shape index (κ2) is 11.8. The zero-order chi connectivity index (χ0) is 27.3. The Morgan fingerprint density at radius 1 is 1.03 bits per heavy atom. The number of rotatable bonds is 12. The third-order valence-corrected chi connectivity index (χ3v) is 9.99. The Balaban J connectivity index is 1.54. The van der Waals surface area contributed by atoms with Gasteiger partial charge in [-0.25, -0.2) is 4.98 Å². The van der Waals surface area contributed by atoms with Gasteiger partial charge in [-0.2, -0.15) is 9.97 Å². The van der Waals surface area contributed by atoms with Crippen molar-refractivity contribution in [1.82, 2.24) is 19.5 Å². The van der Waals surface area contributed by atoms with Gasteiger partial charge >= 0.3 is 7.60 Å². The van der Waals surface area contributed by atoms with Gasteiger partial charge in [-0.3, -0.25) is 9.13 Å². The SMILES string of the molecule is O=P(O)(O)CP(=O)(O)CCCNc1nc(Nc2cccc(Cl)c2)c2ncn(CCc3ccc(O)cc3)c2n1. The zero-order valence-electron chi connectivity index (χ0n) is 20.1. The Labute approximate surface area is 223 Å². The fraction of sp³-hybridized carbons (Fsp3) is 0.261. The first-order valence-corrected chi connectivity index (χ1v) is 15.8. The van der Waals surface area contributed by atoms with E-state index in [1.165, 1.54) is 0 Å². The van der Waals surface area contributed by atoms with E-state index in [0.717, 1.165) is 5.56 Å². The first-order valence-electron chi connectivity index (χ1n) is 11.6. The fourth-order valence-electron chi connectivity index (χ4n) is 3.77. The van der Waals surface area contributed by atoms with Crippen molar-refractivity contribution in [2.24, 2.45) is 0 Å². The van der Waals surface area contributed by atoms with Crippen molar-refractivity contribution >= 4 is 55.2 Å². The third-order valence-electron chi connectivity index (χ3n) is 5.50. The van der Waals surface area contributed by atoms with Crippen LogP contribution in [0.2, 0.25) is 5.02 Å². The molecule has 0 aliphatic rings. The summed E-state index contributed by atoms with van der Waals surface area (Å²) in [4.78, 5) is 41.5. The van der Waals surface area contributed by atoms with E-state index in [1.807, 2.05) is 22.8 Å². The Morgan fingerprint density at radius 2 is 1.79 bits per heavy atom. The number of imidazole rings is 1. The minimum absolute atomic E-state index is 0.173. The van der Waals surface area contributed by atoms with Crippen LogP contribution in [-0.2, 0) is 22.1 Å². The number of phenolic OH excluding ortho intramolecular Hbond substituents is 1. The van der Waals surface area contributed by atoms with Crippen LogP contribution in [0.3, 0.4) is 0 Å². The third kappa shape index (κ3) is 8.01. The van der Waals surface area contributed by atoms with Gasteiger partial charge in [-0.1, -0.05) is 29.8 Å². The summed E-state index contributed by atoms with van der Waals surface area (Å²) in [5.74, 6) is -0.175. The van der Waals surface area contributed by atoms with E-state index in [4.69, 9.17) is 21.4 Å². The van der Waals surface area contributed by atoms with E-state index in [9.17, 15) is 19.1 Å². The van der Waals surface area contributed by atoms with Crippen LogP contribution in [0.4, 0.5) is 17.5 Å². The molecule has 0 bridgehead atoms. The molecule has 4 rings (SSSR count). The molecule has 12 nitrogen and oxygen atoms in total. The maximum Gasteiger partial charge on any atom is 0.335 e. The monoisotopic (exact) mass is 580 g/mol. The fourth-order valence-corrected chi connectivity index (χ4v) is 7.49. The molecule has 0 aliphatic heterocycles. The number of halogens is 1. The number of hydrogen-bond donors (Lipinski definition) is 6. The van der Waals surface area contributed by atoms with Gasteiger partial charge in [0.2, 0.25) is 13.3 Å². The first-order chi connectivity index (χ1) is 18.0. The van der Waals surface area contributed by atoms with E-state index in [0.29, 0.717) is 40.7 Å². The molecule has 1 atom stereocenters. The normalized spacial score (nSPS) is 13.4. The van der Waals surface area contributed by atoms with E-state index in [1.54, 1.807) is 36.7 Å². The lowest BCUT2D eigenvalue weighted by Crippen LogP contribution is -2.10. The van der Waals surface area contributed by atoms with E-state index in [-0.39, 0.29) is 30.8 Å². The molecule has 2 aromatic carbocycles. The van der Waals surface area contributed by atoms with Crippen LogP contribution in [0.15, 0.2) is 54.9 Å². The molecule has 0 saturated carbocycles. The lowest BCUT2D eigenvalue weighted by atomic mass is 10.1. The summed E-state index contributed by atoms with van der Waals surface area (Å²) in [7, 11) is -8.57. The van der Waals surface area contributed by atoms with E-state index in [2.05, 4.69) is 25.6 Å². The molecular formula is C23H27ClN6O6P2. The Kier molecular flexibility index (Phi) is 8.72. The number of fused-ring (bicyclic) bond motifs is 1. The van der Waals surface area contributed by atoms with Crippen molar-refractivity contribution in [2.45, 2.75) is 19.4 Å². The number of phenols is 1. The average molecular weight is 581 g/mol. The number of aryl methyl sites for hydroxylation is 2. The van der Waals surface area contributed by atoms with Gasteiger partial charge in [0, 0.05) is 30.0 Å². The zero-order valence-corrected chi connectivity index (χ0v) is 22.7. The van der Waals surface area contributed by atoms with Crippen molar-refractivity contribution in [2.75, 3.05) is 29.2 Å². The van der Waals surface area contributed by atoms with Crippen molar-refractivity contribution in [3.8, 4) is 5.75 Å². The quantitative estimate of drug-likeness (QED) is 0.103. The summed E-state index contributed by atoms with van der Waals surface area (Å²) >= 11 is 6.12. The van der Waals surface area contributed by atoms with E-state index >= 15 is 0 Å². The molecule has 202 valence electrons. The Morgan fingerprint density at radius 3 is 2.50 bits per heavy atom. The summed E-state index contributed by atoms with van der Waals surface area (Å²) in [6, 6.07) is 14.1. The number of aromatic hydroxyl groups is 1. The molecule has 0 fully saturated rings. The largest absolute Gasteiger partial charge is 0.508 e. The second-order valence-corrected chi connectivity index (χ2v) is 13.8. The standard InChI is InChI=1S/C23H27ClN6O6P2/c24-17-3-1-4-18(13-17)27-21-20-22(30(14-26-20)11-9-16-5-7-19(31)8-6-16)29-23(28-21)25-10-2-12-37(32,33)15-38(34,35)36/h1,3-8,13-14,31H,2,9-12,15H2,(H,32,33)(H2,34,35,36)(H2,25,27,28,29). The lowest BCUT2D eigenvalue weighted by Gasteiger charge is -2.13. The van der Waals surface area contributed by atoms with Crippen LogP contribution in [0.5, 0.6) is 5.75 Å². The highest BCUT2D eigenvalue weighted by Gasteiger charge is 2.28. The number of benzene rings is 2. The number of anilines is 3. The molecule has 1 unspecified atom stereocenters. The van der Waals surface area contributed by atoms with Crippen LogP contribution >= 0.6 is 26.6 Å². The predicted octanol–water partition coefficient (Wildman–Crippen LogP) is 4.38. The lowest BCUT2D eigenvalue weighted by molar-refractivity contribution is 0.376. The minimum Gasteiger partial charge on any atom is -0.508 e. The molecule has 6 N–H and O–H groups in total. The summed E-state index contributed by atoms with van der Waals surface area (Å²) < 4.78 is 25.0. The van der Waals surface area contributed by atoms with E-state index < -0.39 is 20.9 Å². The van der Waals surface area contributed by atoms with Crippen LogP contribution in [-0.4, -0.2) is 57.9 Å². The molecule has 4 aromatic rings. The van der Waals surface area contributed by atoms with Gasteiger partial charge in [-0.15, -0.1) is 0 Å². The summed E-state index contributed by atoms with van der Waals surface area (Å²) in [6.07, 6.45) is 2.25. The van der Waals surface area contributed by atoms with Crippen LogP contribution in [0.25, 0.3) is 11.2 Å². The summed E-state index contributed by atoms with van der Waals surface area (Å²) in [5, 5.41) is 16.3. The molecule has 38 heavy (non-hydrogen) atoms. The van der Waals surface area contributed by atoms with Gasteiger partial charge in [0.1, 0.15) is 11.7 Å². The summed E-state index contributed by atoms with van der Waals surface area (Å²) in [5.41, 5.74) is 2.81. The number of aromatic nitrogens is 4. The van der Waals surface area contributed by atoms with Crippen LogP contribution in [0, 0.1) is 0 Å². The van der Waals surface area contributed by atoms with Crippen LogP contribution < -0.4 is 10.6 Å². The highest BCUT2D eigenvalue weighted by atomic mass is 35.5. The van der Waals surface area contributed by atoms with Crippen molar-refractivity contribution in [3.05, 3.63) is 65.4 Å². The Hall–Kier alpha value is -2.98. The number of nitrogens with one attached hydrogen (secondary N) is 2. The molecule has 15 heteroatoms. The highest BCUT2D eigenvalue weighted by Crippen LogP contribution is 2.54. The first kappa shape index (κ1) is 28.0. The van der Waals surface area contributed by atoms with Gasteiger partial charge in [0.05, 0.1) is 6.33 Å². The maximum absolute atomic E-state index is 12.1. The van der Waals surface area contributed by atoms with Gasteiger partial charge < -0.3 is 35.0 Å². The molecule has 2 aromatic heterocycles. The Bertz CT molecular complexity index is 1510. The van der Waals surface area contributed by atoms with Gasteiger partial charge in [0.15, 0.2) is 17.0 Å². The second-order valence-electron chi connectivity index (χ2n) is 8.71. The molecule has 0 radical (unpaired) electrons. The molecule has 2 heterocycles. The average Bonchev–Trinajstić information content (AvgIpc) is 3.23. The summed E-state index contributed by atoms with van der Waals surface area (Å²) in [6.45, 7) is 0.764. The smallest absolute Gasteiger partial charge is 0.335 e. The van der Waals surface area contributed by atoms with Gasteiger partial charge in [0.25, 0.3) is 0 Å². The van der Waals surface area contributed by atoms with Crippen LogP contribution in [0.1, 0.15) is 12.0 Å². The minimum atomic E-state index is -4.59. The number of nitrogens with zero attached hydrogens (tertiary/aromatic N) is 4. The van der Waals surface area contributed by atoms with Crippen molar-refractivity contribution in [3.63, 3.8) is 0 Å². The van der Waals surface area contributed by atoms with Crippen molar-refractivity contribution < 1.29 is 28.9 Å². The molecular weight excluding hydrogens is 554 g/mol. The molecule has 0 amide bonds. The number of hydrogen-bond acceptors (Lipinski definition) is 8. The predicted molar refractivity (Wildman–Crippen MR) is 147 cm³/mol. The topological polar surface area (TPSA) is 183 Å². The molecule has 0 aliphatic carbocycles. The molecule has 0 spiro atoms. The molecule has 0 saturated heterocycles. The highest BCUT2D eigenvalue weighted by molar-refractivity contribution is 7.72. The maximum atomic E-state index is 12.1.